The average Bonchev–Trinajstić information content (AvgIpc) is 2.69. The first-order valence-corrected chi connectivity index (χ1v) is 9.03. The third-order valence-electron chi connectivity index (χ3n) is 4.88. The highest BCUT2D eigenvalue weighted by atomic mass is 16.2. The van der Waals surface area contributed by atoms with E-state index >= 15 is 0 Å². The van der Waals surface area contributed by atoms with E-state index in [1.54, 1.807) is 11.9 Å². The number of para-hydroxylation sites is 2. The molecule has 0 aliphatic carbocycles. The molecule has 136 valence electrons. The molecule has 26 heavy (non-hydrogen) atoms. The van der Waals surface area contributed by atoms with Crippen LogP contribution in [0.2, 0.25) is 0 Å². The SMILES string of the molecule is CN(C(=O)CN1CCC(C(=O)Nc2ccccc2)CC1)c1ccccc1. The van der Waals surface area contributed by atoms with Gasteiger partial charge in [-0.15, -0.1) is 0 Å². The van der Waals surface area contributed by atoms with Gasteiger partial charge in [-0.25, -0.2) is 0 Å². The Kier molecular flexibility index (Phi) is 6.02. The molecule has 1 saturated heterocycles. The van der Waals surface area contributed by atoms with Gasteiger partial charge < -0.3 is 10.2 Å². The molecule has 0 radical (unpaired) electrons. The number of piperidine rings is 1. The summed E-state index contributed by atoms with van der Waals surface area (Å²) in [7, 11) is 1.80. The van der Waals surface area contributed by atoms with Crippen LogP contribution >= 0.6 is 0 Å². The Morgan fingerprint density at radius 2 is 1.58 bits per heavy atom. The van der Waals surface area contributed by atoms with Crippen LogP contribution in [-0.2, 0) is 9.59 Å². The summed E-state index contributed by atoms with van der Waals surface area (Å²) >= 11 is 0. The first-order valence-electron chi connectivity index (χ1n) is 9.03. The normalized spacial score (nSPS) is 15.4. The second-order valence-corrected chi connectivity index (χ2v) is 6.69. The van der Waals surface area contributed by atoms with Crippen LogP contribution in [0.25, 0.3) is 0 Å². The van der Waals surface area contributed by atoms with Gasteiger partial charge in [-0.2, -0.15) is 0 Å². The highest BCUT2D eigenvalue weighted by molar-refractivity contribution is 5.94. The number of benzene rings is 2. The molecule has 1 fully saturated rings. The summed E-state index contributed by atoms with van der Waals surface area (Å²) in [5, 5.41) is 2.97. The molecule has 2 aromatic rings. The molecule has 5 heteroatoms. The minimum atomic E-state index is 0.00779. The molecule has 3 rings (SSSR count). The third-order valence-corrected chi connectivity index (χ3v) is 4.88. The van der Waals surface area contributed by atoms with Crippen molar-refractivity contribution in [3.05, 3.63) is 60.7 Å². The third kappa shape index (κ3) is 4.70. The van der Waals surface area contributed by atoms with Gasteiger partial charge in [-0.05, 0) is 50.2 Å². The first-order chi connectivity index (χ1) is 12.6. The molecule has 0 aromatic heterocycles. The van der Waals surface area contributed by atoms with Crippen LogP contribution in [0.15, 0.2) is 60.7 Å². The van der Waals surface area contributed by atoms with Crippen LogP contribution in [0, 0.1) is 5.92 Å². The number of anilines is 2. The van der Waals surface area contributed by atoms with Crippen molar-refractivity contribution in [2.45, 2.75) is 12.8 Å². The summed E-state index contributed by atoms with van der Waals surface area (Å²) in [4.78, 5) is 28.7. The van der Waals surface area contributed by atoms with E-state index in [-0.39, 0.29) is 17.7 Å². The minimum Gasteiger partial charge on any atom is -0.326 e. The van der Waals surface area contributed by atoms with Gasteiger partial charge in [-0.3, -0.25) is 14.5 Å². The lowest BCUT2D eigenvalue weighted by atomic mass is 9.95. The molecule has 0 bridgehead atoms. The number of carbonyl (C=O) groups is 2. The summed E-state index contributed by atoms with van der Waals surface area (Å²) in [6.07, 6.45) is 1.56. The Hall–Kier alpha value is -2.66. The minimum absolute atomic E-state index is 0.00779. The number of hydrogen-bond donors (Lipinski definition) is 1. The molecule has 5 nitrogen and oxygen atoms in total. The lowest BCUT2D eigenvalue weighted by molar-refractivity contribution is -0.122. The van der Waals surface area contributed by atoms with Gasteiger partial charge in [0.05, 0.1) is 6.54 Å². The largest absolute Gasteiger partial charge is 0.326 e. The number of likely N-dealkylation sites (tertiary alicyclic amines) is 1. The van der Waals surface area contributed by atoms with E-state index in [1.807, 2.05) is 60.7 Å². The second-order valence-electron chi connectivity index (χ2n) is 6.69. The maximum absolute atomic E-state index is 12.5. The number of carbonyl (C=O) groups excluding carboxylic acids is 2. The molecule has 0 saturated carbocycles. The van der Waals surface area contributed by atoms with Gasteiger partial charge in [0.25, 0.3) is 0 Å². The van der Waals surface area contributed by atoms with Gasteiger partial charge in [0.2, 0.25) is 11.8 Å². The number of hydrogen-bond acceptors (Lipinski definition) is 3. The van der Waals surface area contributed by atoms with E-state index in [2.05, 4.69) is 10.2 Å². The zero-order chi connectivity index (χ0) is 18.4. The second kappa shape index (κ2) is 8.63. The molecular formula is C21H25N3O2. The molecular weight excluding hydrogens is 326 g/mol. The molecule has 0 unspecified atom stereocenters. The van der Waals surface area contributed by atoms with Crippen LogP contribution < -0.4 is 10.2 Å². The molecule has 1 N–H and O–H groups in total. The predicted octanol–water partition coefficient (Wildman–Crippen LogP) is 3.00. The van der Waals surface area contributed by atoms with E-state index in [9.17, 15) is 9.59 Å². The van der Waals surface area contributed by atoms with Crippen molar-refractivity contribution in [2.24, 2.45) is 5.92 Å². The smallest absolute Gasteiger partial charge is 0.240 e. The van der Waals surface area contributed by atoms with E-state index < -0.39 is 0 Å². The van der Waals surface area contributed by atoms with Crippen molar-refractivity contribution in [1.29, 1.82) is 0 Å². The summed E-state index contributed by atoms with van der Waals surface area (Å²) < 4.78 is 0. The molecule has 2 aromatic carbocycles. The number of likely N-dealkylation sites (N-methyl/N-ethyl adjacent to an activating group) is 1. The van der Waals surface area contributed by atoms with Crippen molar-refractivity contribution >= 4 is 23.2 Å². The fourth-order valence-electron chi connectivity index (χ4n) is 3.21. The Morgan fingerprint density at radius 1 is 1.00 bits per heavy atom. The fraction of sp³-hybridized carbons (Fsp3) is 0.333. The molecule has 1 heterocycles. The van der Waals surface area contributed by atoms with Gasteiger partial charge >= 0.3 is 0 Å². The zero-order valence-corrected chi connectivity index (χ0v) is 15.1. The fourth-order valence-corrected chi connectivity index (χ4v) is 3.21. The van der Waals surface area contributed by atoms with E-state index in [0.29, 0.717) is 6.54 Å². The van der Waals surface area contributed by atoms with E-state index in [4.69, 9.17) is 0 Å². The van der Waals surface area contributed by atoms with Crippen molar-refractivity contribution in [1.82, 2.24) is 4.90 Å². The maximum Gasteiger partial charge on any atom is 0.240 e. The lowest BCUT2D eigenvalue weighted by Gasteiger charge is -2.31. The number of nitrogens with zero attached hydrogens (tertiary/aromatic N) is 2. The predicted molar refractivity (Wildman–Crippen MR) is 104 cm³/mol. The number of nitrogens with one attached hydrogen (secondary N) is 1. The molecule has 1 aliphatic rings. The molecule has 0 spiro atoms. The average molecular weight is 351 g/mol. The number of amides is 2. The van der Waals surface area contributed by atoms with E-state index in [1.165, 1.54) is 0 Å². The standard InChI is InChI=1S/C21H25N3O2/c1-23(19-10-6-3-7-11-19)20(25)16-24-14-12-17(13-15-24)21(26)22-18-8-4-2-5-9-18/h2-11,17H,12-16H2,1H3,(H,22,26). The summed E-state index contributed by atoms with van der Waals surface area (Å²) in [5.41, 5.74) is 1.73. The highest BCUT2D eigenvalue weighted by Gasteiger charge is 2.26. The monoisotopic (exact) mass is 351 g/mol. The first kappa shape index (κ1) is 18.1. The van der Waals surface area contributed by atoms with Gasteiger partial charge in [0.1, 0.15) is 0 Å². The van der Waals surface area contributed by atoms with Crippen LogP contribution in [0.1, 0.15) is 12.8 Å². The van der Waals surface area contributed by atoms with Crippen LogP contribution in [0.4, 0.5) is 11.4 Å². The topological polar surface area (TPSA) is 52.7 Å². The Bertz CT molecular complexity index is 725. The Labute approximate surface area is 154 Å². The van der Waals surface area contributed by atoms with Crippen molar-refractivity contribution in [3.63, 3.8) is 0 Å². The zero-order valence-electron chi connectivity index (χ0n) is 15.1. The molecule has 1 aliphatic heterocycles. The lowest BCUT2D eigenvalue weighted by Crippen LogP contribution is -2.44. The maximum atomic E-state index is 12.5. The Balaban J connectivity index is 1.46. The van der Waals surface area contributed by atoms with Crippen LogP contribution in [0.3, 0.4) is 0 Å². The number of rotatable bonds is 5. The van der Waals surface area contributed by atoms with Crippen molar-refractivity contribution < 1.29 is 9.59 Å². The molecule has 2 amide bonds. The van der Waals surface area contributed by atoms with Gasteiger partial charge in [0.15, 0.2) is 0 Å². The Morgan fingerprint density at radius 3 is 2.19 bits per heavy atom. The molecule has 0 atom stereocenters. The van der Waals surface area contributed by atoms with Gasteiger partial charge in [0, 0.05) is 24.3 Å². The quantitative estimate of drug-likeness (QED) is 0.901. The highest BCUT2D eigenvalue weighted by Crippen LogP contribution is 2.20. The van der Waals surface area contributed by atoms with Crippen molar-refractivity contribution in [2.75, 3.05) is 36.9 Å². The summed E-state index contributed by atoms with van der Waals surface area (Å²) in [6.45, 7) is 1.92. The summed E-state index contributed by atoms with van der Waals surface area (Å²) in [6, 6.07) is 19.2. The van der Waals surface area contributed by atoms with E-state index in [0.717, 1.165) is 37.3 Å². The summed E-state index contributed by atoms with van der Waals surface area (Å²) in [5.74, 6) is 0.153. The van der Waals surface area contributed by atoms with Crippen molar-refractivity contribution in [3.8, 4) is 0 Å². The van der Waals surface area contributed by atoms with Gasteiger partial charge in [-0.1, -0.05) is 36.4 Å². The van der Waals surface area contributed by atoms with Crippen LogP contribution in [0.5, 0.6) is 0 Å². The van der Waals surface area contributed by atoms with Crippen LogP contribution in [-0.4, -0.2) is 43.4 Å².